The standard InChI is InChI=1S/C10H13F3N2O/c1-8-2-3-14-6-9(8)7-15-4-5-16-10(11,12)13/h2-3,6,15H,4-5,7H2,1H3. The van der Waals surface area contributed by atoms with Crippen LogP contribution in [0.15, 0.2) is 18.5 Å². The van der Waals surface area contributed by atoms with Gasteiger partial charge in [0, 0.05) is 25.5 Å². The Balaban J connectivity index is 2.19. The number of rotatable bonds is 5. The lowest BCUT2D eigenvalue weighted by molar-refractivity contribution is -0.323. The number of aromatic nitrogens is 1. The second-order valence-electron chi connectivity index (χ2n) is 3.27. The number of nitrogens with zero attached hydrogens (tertiary/aromatic N) is 1. The third-order valence-electron chi connectivity index (χ3n) is 2.01. The van der Waals surface area contributed by atoms with Crippen molar-refractivity contribution in [3.63, 3.8) is 0 Å². The number of hydrogen-bond acceptors (Lipinski definition) is 3. The van der Waals surface area contributed by atoms with Crippen molar-refractivity contribution in [3.05, 3.63) is 29.6 Å². The maximum Gasteiger partial charge on any atom is 0.522 e. The lowest BCUT2D eigenvalue weighted by atomic mass is 10.2. The maximum atomic E-state index is 11.6. The van der Waals surface area contributed by atoms with Crippen LogP contribution in [0, 0.1) is 6.92 Å². The SMILES string of the molecule is Cc1ccncc1CNCCOC(F)(F)F. The molecule has 0 spiro atoms. The molecule has 0 atom stereocenters. The van der Waals surface area contributed by atoms with Crippen LogP contribution in [0.4, 0.5) is 13.2 Å². The molecule has 90 valence electrons. The van der Waals surface area contributed by atoms with E-state index in [0.29, 0.717) is 6.54 Å². The Labute approximate surface area is 91.6 Å². The van der Waals surface area contributed by atoms with E-state index in [1.165, 1.54) is 0 Å². The van der Waals surface area contributed by atoms with Gasteiger partial charge in [-0.15, -0.1) is 13.2 Å². The molecule has 0 saturated heterocycles. The molecule has 1 N–H and O–H groups in total. The number of nitrogens with one attached hydrogen (secondary N) is 1. The van der Waals surface area contributed by atoms with Crippen LogP contribution in [0.1, 0.15) is 11.1 Å². The van der Waals surface area contributed by atoms with Crippen LogP contribution in [0.3, 0.4) is 0 Å². The van der Waals surface area contributed by atoms with E-state index in [1.807, 2.05) is 13.0 Å². The molecule has 0 unspecified atom stereocenters. The van der Waals surface area contributed by atoms with Crippen molar-refractivity contribution in [3.8, 4) is 0 Å². The monoisotopic (exact) mass is 234 g/mol. The molecule has 0 aromatic carbocycles. The lowest BCUT2D eigenvalue weighted by Crippen LogP contribution is -2.24. The zero-order valence-corrected chi connectivity index (χ0v) is 8.84. The molecule has 0 aliphatic carbocycles. The van der Waals surface area contributed by atoms with E-state index in [0.717, 1.165) is 11.1 Å². The zero-order valence-electron chi connectivity index (χ0n) is 8.84. The van der Waals surface area contributed by atoms with Gasteiger partial charge in [0.1, 0.15) is 0 Å². The first-order valence-corrected chi connectivity index (χ1v) is 4.80. The molecule has 1 heterocycles. The van der Waals surface area contributed by atoms with Gasteiger partial charge in [0.2, 0.25) is 0 Å². The minimum absolute atomic E-state index is 0.147. The maximum absolute atomic E-state index is 11.6. The molecule has 0 radical (unpaired) electrons. The first-order valence-electron chi connectivity index (χ1n) is 4.80. The van der Waals surface area contributed by atoms with Crippen LogP contribution < -0.4 is 5.32 Å². The van der Waals surface area contributed by atoms with Gasteiger partial charge in [-0.1, -0.05) is 0 Å². The summed E-state index contributed by atoms with van der Waals surface area (Å²) in [7, 11) is 0. The Morgan fingerprint density at radius 1 is 1.44 bits per heavy atom. The first-order chi connectivity index (χ1) is 7.49. The molecule has 3 nitrogen and oxygen atoms in total. The van der Waals surface area contributed by atoms with Crippen LogP contribution in [0.5, 0.6) is 0 Å². The molecule has 0 aliphatic rings. The van der Waals surface area contributed by atoms with E-state index in [-0.39, 0.29) is 13.2 Å². The van der Waals surface area contributed by atoms with Crippen molar-refractivity contribution in [1.82, 2.24) is 10.3 Å². The molecule has 0 fully saturated rings. The fraction of sp³-hybridized carbons (Fsp3) is 0.500. The van der Waals surface area contributed by atoms with Crippen molar-refractivity contribution in [2.24, 2.45) is 0 Å². The molecule has 1 aromatic rings. The highest BCUT2D eigenvalue weighted by Crippen LogP contribution is 2.15. The van der Waals surface area contributed by atoms with E-state index in [2.05, 4.69) is 15.0 Å². The van der Waals surface area contributed by atoms with Crippen molar-refractivity contribution in [2.45, 2.75) is 19.8 Å². The Kier molecular flexibility index (Phi) is 4.70. The summed E-state index contributed by atoms with van der Waals surface area (Å²) in [5, 5.41) is 2.85. The number of halogens is 3. The smallest absolute Gasteiger partial charge is 0.310 e. The molecule has 1 aromatic heterocycles. The largest absolute Gasteiger partial charge is 0.522 e. The number of aryl methyl sites for hydroxylation is 1. The molecular weight excluding hydrogens is 221 g/mol. The van der Waals surface area contributed by atoms with Gasteiger partial charge >= 0.3 is 6.36 Å². The van der Waals surface area contributed by atoms with E-state index < -0.39 is 6.36 Å². The Hall–Kier alpha value is -1.14. The normalized spacial score (nSPS) is 11.8. The molecule has 0 bridgehead atoms. The lowest BCUT2D eigenvalue weighted by Gasteiger charge is -2.09. The average Bonchev–Trinajstić information content (AvgIpc) is 2.18. The second-order valence-corrected chi connectivity index (χ2v) is 3.27. The minimum Gasteiger partial charge on any atom is -0.310 e. The van der Waals surface area contributed by atoms with E-state index in [9.17, 15) is 13.2 Å². The number of ether oxygens (including phenoxy) is 1. The van der Waals surface area contributed by atoms with Crippen LogP contribution in [-0.4, -0.2) is 24.5 Å². The second kappa shape index (κ2) is 5.81. The summed E-state index contributed by atoms with van der Waals surface area (Å²) >= 11 is 0. The van der Waals surface area contributed by atoms with Crippen LogP contribution in [0.25, 0.3) is 0 Å². The Morgan fingerprint density at radius 2 is 2.19 bits per heavy atom. The fourth-order valence-corrected chi connectivity index (χ4v) is 1.14. The van der Waals surface area contributed by atoms with Gasteiger partial charge in [-0.05, 0) is 24.1 Å². The van der Waals surface area contributed by atoms with Gasteiger partial charge in [0.15, 0.2) is 0 Å². The first kappa shape index (κ1) is 12.9. The number of hydrogen-bond donors (Lipinski definition) is 1. The molecule has 16 heavy (non-hydrogen) atoms. The van der Waals surface area contributed by atoms with Crippen molar-refractivity contribution in [1.29, 1.82) is 0 Å². The summed E-state index contributed by atoms with van der Waals surface area (Å²) in [5.41, 5.74) is 2.02. The minimum atomic E-state index is -4.55. The zero-order chi connectivity index (χ0) is 12.0. The Morgan fingerprint density at radius 3 is 2.81 bits per heavy atom. The topological polar surface area (TPSA) is 34.2 Å². The molecule has 0 amide bonds. The summed E-state index contributed by atoms with van der Waals surface area (Å²) in [6, 6.07) is 1.85. The van der Waals surface area contributed by atoms with Crippen molar-refractivity contribution in [2.75, 3.05) is 13.2 Å². The molecular formula is C10H13F3N2O. The summed E-state index contributed by atoms with van der Waals surface area (Å²) in [4.78, 5) is 3.93. The Bertz CT molecular complexity index is 328. The quantitative estimate of drug-likeness (QED) is 0.791. The van der Waals surface area contributed by atoms with E-state index >= 15 is 0 Å². The molecule has 1 rings (SSSR count). The van der Waals surface area contributed by atoms with E-state index in [1.54, 1.807) is 12.4 Å². The average molecular weight is 234 g/mol. The summed E-state index contributed by atoms with van der Waals surface area (Å²) in [6.45, 7) is 2.17. The highest BCUT2D eigenvalue weighted by atomic mass is 19.4. The van der Waals surface area contributed by atoms with Gasteiger partial charge in [0.05, 0.1) is 6.61 Å². The number of alkyl halides is 3. The molecule has 0 aliphatic heterocycles. The predicted molar refractivity (Wildman–Crippen MR) is 52.7 cm³/mol. The molecule has 6 heteroatoms. The van der Waals surface area contributed by atoms with Crippen LogP contribution in [0.2, 0.25) is 0 Å². The van der Waals surface area contributed by atoms with Gasteiger partial charge in [0.25, 0.3) is 0 Å². The summed E-state index contributed by atoms with van der Waals surface area (Å²) < 4.78 is 38.4. The van der Waals surface area contributed by atoms with Gasteiger partial charge < -0.3 is 5.32 Å². The van der Waals surface area contributed by atoms with Gasteiger partial charge in [-0.25, -0.2) is 0 Å². The number of pyridine rings is 1. The van der Waals surface area contributed by atoms with Crippen molar-refractivity contribution < 1.29 is 17.9 Å². The van der Waals surface area contributed by atoms with Gasteiger partial charge in [-0.2, -0.15) is 0 Å². The highest BCUT2D eigenvalue weighted by Gasteiger charge is 2.28. The van der Waals surface area contributed by atoms with Crippen LogP contribution in [-0.2, 0) is 11.3 Å². The van der Waals surface area contributed by atoms with Crippen LogP contribution >= 0.6 is 0 Å². The third kappa shape index (κ3) is 5.09. The summed E-state index contributed by atoms with van der Waals surface area (Å²) in [6.07, 6.45) is -1.19. The summed E-state index contributed by atoms with van der Waals surface area (Å²) in [5.74, 6) is 0. The molecule has 0 saturated carbocycles. The van der Waals surface area contributed by atoms with Crippen molar-refractivity contribution >= 4 is 0 Å². The van der Waals surface area contributed by atoms with E-state index in [4.69, 9.17) is 0 Å². The highest BCUT2D eigenvalue weighted by molar-refractivity contribution is 5.20. The fourth-order valence-electron chi connectivity index (χ4n) is 1.14. The predicted octanol–water partition coefficient (Wildman–Crippen LogP) is 2.02. The van der Waals surface area contributed by atoms with Gasteiger partial charge in [-0.3, -0.25) is 9.72 Å². The third-order valence-corrected chi connectivity index (χ3v) is 2.01.